The maximum atomic E-state index is 9.68. The highest BCUT2D eigenvalue weighted by atomic mass is 16.5. The summed E-state index contributed by atoms with van der Waals surface area (Å²) in [5.74, 6) is 1.10. The second kappa shape index (κ2) is 5.41. The van der Waals surface area contributed by atoms with Crippen LogP contribution in [0.4, 0.5) is 0 Å². The van der Waals surface area contributed by atoms with E-state index in [0.29, 0.717) is 11.7 Å². The molecule has 5 nitrogen and oxygen atoms in total. The van der Waals surface area contributed by atoms with Gasteiger partial charge in [-0.2, -0.15) is 4.98 Å². The average molecular weight is 228 g/mol. The number of hydrogen-bond donors (Lipinski definition) is 1. The first-order valence-corrected chi connectivity index (χ1v) is 5.51. The van der Waals surface area contributed by atoms with Gasteiger partial charge in [-0.15, -0.1) is 0 Å². The lowest BCUT2D eigenvalue weighted by Crippen LogP contribution is -2.20. The molecule has 0 aliphatic carbocycles. The molecule has 0 radical (unpaired) electrons. The highest BCUT2D eigenvalue weighted by molar-refractivity contribution is 4.99. The van der Waals surface area contributed by atoms with Crippen LogP contribution in [-0.2, 0) is 4.74 Å². The Morgan fingerprint density at radius 2 is 1.88 bits per heavy atom. The van der Waals surface area contributed by atoms with Crippen molar-refractivity contribution in [2.24, 2.45) is 5.92 Å². The standard InChI is InChI=1S/C11H20N2O3/c1-6(2)9(7(3)14)11-12-10(13-16-11)8(4)15-5/h6-9,14H,1-5H3. The first-order chi connectivity index (χ1) is 7.47. The molecule has 1 heterocycles. The van der Waals surface area contributed by atoms with E-state index >= 15 is 0 Å². The Bertz CT molecular complexity index is 315. The summed E-state index contributed by atoms with van der Waals surface area (Å²) < 4.78 is 10.3. The number of hydrogen-bond acceptors (Lipinski definition) is 5. The average Bonchev–Trinajstić information content (AvgIpc) is 2.64. The highest BCUT2D eigenvalue weighted by Gasteiger charge is 2.27. The second-order valence-corrected chi connectivity index (χ2v) is 4.38. The molecule has 1 aromatic rings. The molecule has 3 unspecified atom stereocenters. The first kappa shape index (κ1) is 13.1. The van der Waals surface area contributed by atoms with Crippen LogP contribution in [0.2, 0.25) is 0 Å². The van der Waals surface area contributed by atoms with Gasteiger partial charge in [-0.05, 0) is 19.8 Å². The van der Waals surface area contributed by atoms with E-state index in [1.54, 1.807) is 14.0 Å². The van der Waals surface area contributed by atoms with Gasteiger partial charge in [0, 0.05) is 7.11 Å². The van der Waals surface area contributed by atoms with Crippen LogP contribution in [-0.4, -0.2) is 28.5 Å². The van der Waals surface area contributed by atoms with Gasteiger partial charge in [0.15, 0.2) is 5.82 Å². The Kier molecular flexibility index (Phi) is 4.44. The zero-order valence-corrected chi connectivity index (χ0v) is 10.5. The maximum Gasteiger partial charge on any atom is 0.232 e. The van der Waals surface area contributed by atoms with Crippen molar-refractivity contribution in [3.63, 3.8) is 0 Å². The molecule has 0 aromatic carbocycles. The molecule has 0 aliphatic heterocycles. The molecular weight excluding hydrogens is 208 g/mol. The fraction of sp³-hybridized carbons (Fsp3) is 0.818. The zero-order valence-electron chi connectivity index (χ0n) is 10.5. The molecule has 5 heteroatoms. The van der Waals surface area contributed by atoms with E-state index in [0.717, 1.165) is 0 Å². The monoisotopic (exact) mass is 228 g/mol. The lowest BCUT2D eigenvalue weighted by atomic mass is 9.91. The summed E-state index contributed by atoms with van der Waals surface area (Å²) in [6, 6.07) is 0. The summed E-state index contributed by atoms with van der Waals surface area (Å²) in [5, 5.41) is 13.5. The first-order valence-electron chi connectivity index (χ1n) is 5.51. The molecule has 0 saturated heterocycles. The quantitative estimate of drug-likeness (QED) is 0.833. The minimum atomic E-state index is -0.508. The SMILES string of the molecule is COC(C)c1noc(C(C(C)C)C(C)O)n1. The van der Waals surface area contributed by atoms with Crippen LogP contribution in [0.25, 0.3) is 0 Å². The van der Waals surface area contributed by atoms with Crippen molar-refractivity contribution in [1.29, 1.82) is 0 Å². The van der Waals surface area contributed by atoms with E-state index in [4.69, 9.17) is 9.26 Å². The third-order valence-corrected chi connectivity index (χ3v) is 2.70. The predicted molar refractivity (Wildman–Crippen MR) is 59.0 cm³/mol. The van der Waals surface area contributed by atoms with Crippen LogP contribution in [0.15, 0.2) is 4.52 Å². The van der Waals surface area contributed by atoms with Gasteiger partial charge in [0.1, 0.15) is 6.10 Å². The van der Waals surface area contributed by atoms with Crippen LogP contribution >= 0.6 is 0 Å². The summed E-state index contributed by atoms with van der Waals surface area (Å²) in [4.78, 5) is 4.26. The lowest BCUT2D eigenvalue weighted by Gasteiger charge is -2.19. The fourth-order valence-electron chi connectivity index (χ4n) is 1.70. The summed E-state index contributed by atoms with van der Waals surface area (Å²) in [5.41, 5.74) is 0. The maximum absolute atomic E-state index is 9.68. The molecule has 92 valence electrons. The van der Waals surface area contributed by atoms with Gasteiger partial charge in [0.25, 0.3) is 0 Å². The van der Waals surface area contributed by atoms with E-state index < -0.39 is 6.10 Å². The van der Waals surface area contributed by atoms with Crippen molar-refractivity contribution < 1.29 is 14.4 Å². The predicted octanol–water partition coefficient (Wildman–Crippen LogP) is 1.90. The smallest absolute Gasteiger partial charge is 0.232 e. The van der Waals surface area contributed by atoms with Crippen molar-refractivity contribution >= 4 is 0 Å². The number of aliphatic hydroxyl groups excluding tert-OH is 1. The number of aromatic nitrogens is 2. The number of rotatable bonds is 5. The van der Waals surface area contributed by atoms with Gasteiger partial charge in [-0.25, -0.2) is 0 Å². The van der Waals surface area contributed by atoms with Crippen molar-refractivity contribution in [3.05, 3.63) is 11.7 Å². The fourth-order valence-corrected chi connectivity index (χ4v) is 1.70. The van der Waals surface area contributed by atoms with Gasteiger partial charge >= 0.3 is 0 Å². The molecule has 1 aromatic heterocycles. The Morgan fingerprint density at radius 1 is 1.25 bits per heavy atom. The summed E-state index contributed by atoms with van der Waals surface area (Å²) >= 11 is 0. The molecule has 0 saturated carbocycles. The van der Waals surface area contributed by atoms with Gasteiger partial charge in [-0.3, -0.25) is 0 Å². The van der Waals surface area contributed by atoms with Crippen molar-refractivity contribution in [2.45, 2.75) is 45.8 Å². The topological polar surface area (TPSA) is 68.4 Å². The Balaban J connectivity index is 2.90. The van der Waals surface area contributed by atoms with Gasteiger partial charge in [0.2, 0.25) is 5.89 Å². The number of methoxy groups -OCH3 is 1. The molecule has 0 spiro atoms. The summed E-state index contributed by atoms with van der Waals surface area (Å²) in [6.45, 7) is 7.61. The van der Waals surface area contributed by atoms with Crippen molar-refractivity contribution in [3.8, 4) is 0 Å². The van der Waals surface area contributed by atoms with Gasteiger partial charge in [0.05, 0.1) is 12.0 Å². The Morgan fingerprint density at radius 3 is 2.31 bits per heavy atom. The zero-order chi connectivity index (χ0) is 12.3. The van der Waals surface area contributed by atoms with E-state index in [1.165, 1.54) is 0 Å². The van der Waals surface area contributed by atoms with Crippen LogP contribution in [0.3, 0.4) is 0 Å². The van der Waals surface area contributed by atoms with E-state index in [9.17, 15) is 5.11 Å². The van der Waals surface area contributed by atoms with E-state index in [-0.39, 0.29) is 17.9 Å². The molecule has 1 N–H and O–H groups in total. The summed E-state index contributed by atoms with van der Waals surface area (Å²) in [7, 11) is 1.59. The normalized spacial score (nSPS) is 17.4. The molecule has 0 bridgehead atoms. The van der Waals surface area contributed by atoms with Crippen LogP contribution in [0.1, 0.15) is 51.4 Å². The van der Waals surface area contributed by atoms with E-state index in [1.807, 2.05) is 20.8 Å². The number of aliphatic hydroxyl groups is 1. The Hall–Kier alpha value is -0.940. The number of nitrogens with zero attached hydrogens (tertiary/aromatic N) is 2. The molecular formula is C11H20N2O3. The minimum Gasteiger partial charge on any atom is -0.393 e. The molecule has 3 atom stereocenters. The van der Waals surface area contributed by atoms with Crippen molar-refractivity contribution in [2.75, 3.05) is 7.11 Å². The van der Waals surface area contributed by atoms with Crippen LogP contribution < -0.4 is 0 Å². The second-order valence-electron chi connectivity index (χ2n) is 4.38. The lowest BCUT2D eigenvalue weighted by molar-refractivity contribution is 0.109. The molecule has 16 heavy (non-hydrogen) atoms. The van der Waals surface area contributed by atoms with Gasteiger partial charge in [-0.1, -0.05) is 19.0 Å². The summed E-state index contributed by atoms with van der Waals surface area (Å²) in [6.07, 6.45) is -0.703. The highest BCUT2D eigenvalue weighted by Crippen LogP contribution is 2.27. The molecule has 0 fully saturated rings. The number of ether oxygens (including phenoxy) is 1. The third-order valence-electron chi connectivity index (χ3n) is 2.70. The van der Waals surface area contributed by atoms with Crippen LogP contribution in [0.5, 0.6) is 0 Å². The molecule has 0 aliphatic rings. The van der Waals surface area contributed by atoms with E-state index in [2.05, 4.69) is 10.1 Å². The third kappa shape index (κ3) is 2.80. The van der Waals surface area contributed by atoms with Gasteiger partial charge < -0.3 is 14.4 Å². The largest absolute Gasteiger partial charge is 0.393 e. The van der Waals surface area contributed by atoms with Crippen molar-refractivity contribution in [1.82, 2.24) is 10.1 Å². The Labute approximate surface area is 95.8 Å². The molecule has 0 amide bonds. The molecule has 1 rings (SSSR count). The van der Waals surface area contributed by atoms with Crippen LogP contribution in [0, 0.1) is 5.92 Å². The minimum absolute atomic E-state index is 0.134.